The monoisotopic (exact) mass is 312 g/mol. The number of carbonyl (C=O) groups is 2. The summed E-state index contributed by atoms with van der Waals surface area (Å²) in [5, 5.41) is 7.25. The SMILES string of the molecule is Cc1cc2n(n1)CCC(=O)N2[C@H](C)C(=O)NCc1ccccc1. The summed E-state index contributed by atoms with van der Waals surface area (Å²) in [6.45, 7) is 4.64. The second-order valence-electron chi connectivity index (χ2n) is 5.76. The average Bonchev–Trinajstić information content (AvgIpc) is 2.93. The molecule has 0 saturated carbocycles. The molecule has 0 bridgehead atoms. The molecule has 1 atom stereocenters. The fraction of sp³-hybridized carbons (Fsp3) is 0.353. The van der Waals surface area contributed by atoms with Crippen LogP contribution in [0.3, 0.4) is 0 Å². The highest BCUT2D eigenvalue weighted by Crippen LogP contribution is 2.24. The van der Waals surface area contributed by atoms with Gasteiger partial charge >= 0.3 is 0 Å². The zero-order valence-electron chi connectivity index (χ0n) is 13.3. The molecule has 1 aliphatic heterocycles. The molecule has 2 heterocycles. The second-order valence-corrected chi connectivity index (χ2v) is 5.76. The Balaban J connectivity index is 1.73. The fourth-order valence-electron chi connectivity index (χ4n) is 2.80. The van der Waals surface area contributed by atoms with Crippen LogP contribution in [0.2, 0.25) is 0 Å². The quantitative estimate of drug-likeness (QED) is 0.933. The number of hydrogen-bond donors (Lipinski definition) is 1. The minimum absolute atomic E-state index is 0.0419. The van der Waals surface area contributed by atoms with E-state index in [2.05, 4.69) is 10.4 Å². The normalized spacial score (nSPS) is 15.2. The highest BCUT2D eigenvalue weighted by Gasteiger charge is 2.32. The first-order valence-electron chi connectivity index (χ1n) is 7.74. The van der Waals surface area contributed by atoms with Crippen LogP contribution in [-0.4, -0.2) is 27.6 Å². The van der Waals surface area contributed by atoms with Gasteiger partial charge in [0.15, 0.2) is 0 Å². The standard InChI is InChI=1S/C17H20N4O2/c1-12-10-15-20(19-12)9-8-16(22)21(15)13(2)17(23)18-11-14-6-4-3-5-7-14/h3-7,10,13H,8-9,11H2,1-2H3,(H,18,23)/t13-/m1/s1. The van der Waals surface area contributed by atoms with E-state index < -0.39 is 6.04 Å². The molecule has 3 rings (SSSR count). The molecule has 0 aliphatic carbocycles. The van der Waals surface area contributed by atoms with Crippen molar-refractivity contribution in [2.75, 3.05) is 4.90 Å². The molecule has 2 aromatic rings. The molecule has 6 heteroatoms. The highest BCUT2D eigenvalue weighted by atomic mass is 16.2. The third-order valence-electron chi connectivity index (χ3n) is 4.01. The van der Waals surface area contributed by atoms with Crippen molar-refractivity contribution < 1.29 is 9.59 Å². The van der Waals surface area contributed by atoms with Gasteiger partial charge in [0.2, 0.25) is 11.8 Å². The van der Waals surface area contributed by atoms with Gasteiger partial charge in [-0.25, -0.2) is 4.68 Å². The maximum Gasteiger partial charge on any atom is 0.243 e. The number of aromatic nitrogens is 2. The van der Waals surface area contributed by atoms with E-state index in [9.17, 15) is 9.59 Å². The van der Waals surface area contributed by atoms with Crippen molar-refractivity contribution in [3.63, 3.8) is 0 Å². The van der Waals surface area contributed by atoms with Crippen LogP contribution in [0.5, 0.6) is 0 Å². The van der Waals surface area contributed by atoms with Crippen LogP contribution in [0.1, 0.15) is 24.6 Å². The molecule has 1 aromatic carbocycles. The van der Waals surface area contributed by atoms with Gasteiger partial charge in [-0.05, 0) is 19.4 Å². The Morgan fingerprint density at radius 2 is 2.09 bits per heavy atom. The Labute approximate surface area is 135 Å². The third kappa shape index (κ3) is 3.11. The smallest absolute Gasteiger partial charge is 0.243 e. The molecule has 0 saturated heterocycles. The molecular formula is C17H20N4O2. The van der Waals surface area contributed by atoms with Gasteiger partial charge in [0.25, 0.3) is 0 Å². The molecular weight excluding hydrogens is 292 g/mol. The van der Waals surface area contributed by atoms with Gasteiger partial charge in [0, 0.05) is 19.0 Å². The predicted molar refractivity (Wildman–Crippen MR) is 86.8 cm³/mol. The first-order valence-corrected chi connectivity index (χ1v) is 7.74. The van der Waals surface area contributed by atoms with Crippen molar-refractivity contribution in [3.05, 3.63) is 47.7 Å². The van der Waals surface area contributed by atoms with Crippen molar-refractivity contribution in [2.45, 2.75) is 39.4 Å². The van der Waals surface area contributed by atoms with Crippen LogP contribution in [0, 0.1) is 6.92 Å². The van der Waals surface area contributed by atoms with E-state index in [0.29, 0.717) is 25.3 Å². The van der Waals surface area contributed by atoms with E-state index in [1.165, 1.54) is 0 Å². The van der Waals surface area contributed by atoms with Crippen molar-refractivity contribution in [1.29, 1.82) is 0 Å². The molecule has 1 aliphatic rings. The van der Waals surface area contributed by atoms with E-state index in [1.807, 2.05) is 43.3 Å². The first-order chi connectivity index (χ1) is 11.1. The van der Waals surface area contributed by atoms with Crippen molar-refractivity contribution in [1.82, 2.24) is 15.1 Å². The second kappa shape index (κ2) is 6.24. The van der Waals surface area contributed by atoms with E-state index in [-0.39, 0.29) is 11.8 Å². The summed E-state index contributed by atoms with van der Waals surface area (Å²) in [5.41, 5.74) is 1.87. The lowest BCUT2D eigenvalue weighted by atomic mass is 10.2. The van der Waals surface area contributed by atoms with Crippen molar-refractivity contribution in [2.24, 2.45) is 0 Å². The van der Waals surface area contributed by atoms with Crippen LogP contribution in [0.4, 0.5) is 5.82 Å². The number of aryl methyl sites for hydroxylation is 2. The maximum absolute atomic E-state index is 12.4. The largest absolute Gasteiger partial charge is 0.350 e. The zero-order chi connectivity index (χ0) is 16.4. The van der Waals surface area contributed by atoms with Gasteiger partial charge in [-0.1, -0.05) is 30.3 Å². The summed E-state index contributed by atoms with van der Waals surface area (Å²) in [5.74, 6) is 0.482. The molecule has 0 spiro atoms. The maximum atomic E-state index is 12.4. The molecule has 0 unspecified atom stereocenters. The van der Waals surface area contributed by atoms with Crippen molar-refractivity contribution >= 4 is 17.6 Å². The molecule has 6 nitrogen and oxygen atoms in total. The summed E-state index contributed by atoms with van der Waals surface area (Å²) in [6, 6.07) is 11.0. The number of amides is 2. The summed E-state index contributed by atoms with van der Waals surface area (Å²) in [4.78, 5) is 26.3. The Bertz CT molecular complexity index is 723. The van der Waals surface area contributed by atoms with E-state index in [1.54, 1.807) is 16.5 Å². The lowest BCUT2D eigenvalue weighted by Gasteiger charge is -2.31. The highest BCUT2D eigenvalue weighted by molar-refractivity contribution is 6.00. The predicted octanol–water partition coefficient (Wildman–Crippen LogP) is 1.63. The number of fused-ring (bicyclic) bond motifs is 1. The van der Waals surface area contributed by atoms with Gasteiger partial charge in [-0.15, -0.1) is 0 Å². The molecule has 0 radical (unpaired) electrons. The molecule has 2 amide bonds. The van der Waals surface area contributed by atoms with Gasteiger partial charge in [-0.2, -0.15) is 5.10 Å². The van der Waals surface area contributed by atoms with Crippen LogP contribution < -0.4 is 10.2 Å². The van der Waals surface area contributed by atoms with Gasteiger partial charge in [-0.3, -0.25) is 14.5 Å². The molecule has 0 fully saturated rings. The number of nitrogens with one attached hydrogen (secondary N) is 1. The first kappa shape index (κ1) is 15.3. The number of benzene rings is 1. The van der Waals surface area contributed by atoms with Crippen LogP contribution in [0.15, 0.2) is 36.4 Å². The minimum Gasteiger partial charge on any atom is -0.350 e. The Morgan fingerprint density at radius 1 is 1.35 bits per heavy atom. The van der Waals surface area contributed by atoms with Crippen LogP contribution in [-0.2, 0) is 22.7 Å². The summed E-state index contributed by atoms with van der Waals surface area (Å²) >= 11 is 0. The number of rotatable bonds is 4. The lowest BCUT2D eigenvalue weighted by Crippen LogP contribution is -2.50. The van der Waals surface area contributed by atoms with Crippen LogP contribution >= 0.6 is 0 Å². The fourth-order valence-corrected chi connectivity index (χ4v) is 2.80. The van der Waals surface area contributed by atoms with Crippen LogP contribution in [0.25, 0.3) is 0 Å². The topological polar surface area (TPSA) is 67.2 Å². The lowest BCUT2D eigenvalue weighted by molar-refractivity contribution is -0.126. The summed E-state index contributed by atoms with van der Waals surface area (Å²) in [7, 11) is 0. The third-order valence-corrected chi connectivity index (χ3v) is 4.01. The average molecular weight is 312 g/mol. The molecule has 23 heavy (non-hydrogen) atoms. The minimum atomic E-state index is -0.568. The van der Waals surface area contributed by atoms with Crippen molar-refractivity contribution in [3.8, 4) is 0 Å². The zero-order valence-corrected chi connectivity index (χ0v) is 13.3. The number of nitrogens with zero attached hydrogens (tertiary/aromatic N) is 3. The molecule has 120 valence electrons. The van der Waals surface area contributed by atoms with Gasteiger partial charge in [0.05, 0.1) is 12.2 Å². The Hall–Kier alpha value is -2.63. The molecule has 1 aromatic heterocycles. The van der Waals surface area contributed by atoms with Gasteiger partial charge < -0.3 is 5.32 Å². The van der Waals surface area contributed by atoms with E-state index >= 15 is 0 Å². The van der Waals surface area contributed by atoms with E-state index in [4.69, 9.17) is 0 Å². The molecule has 1 N–H and O–H groups in total. The number of anilines is 1. The Morgan fingerprint density at radius 3 is 2.83 bits per heavy atom. The van der Waals surface area contributed by atoms with Gasteiger partial charge in [0.1, 0.15) is 11.9 Å². The Kier molecular flexibility index (Phi) is 4.14. The number of hydrogen-bond acceptors (Lipinski definition) is 3. The summed E-state index contributed by atoms with van der Waals surface area (Å²) in [6.07, 6.45) is 0.366. The summed E-state index contributed by atoms with van der Waals surface area (Å²) < 4.78 is 1.79. The number of carbonyl (C=O) groups excluding carboxylic acids is 2. The van der Waals surface area contributed by atoms with E-state index in [0.717, 1.165) is 11.3 Å².